The first-order chi connectivity index (χ1) is 17.8. The molecule has 4 rings (SSSR count). The van der Waals surface area contributed by atoms with Gasteiger partial charge in [0.2, 0.25) is 0 Å². The average Bonchev–Trinajstić information content (AvgIpc) is 2.95. The maximum absolute atomic E-state index is 10.3. The molecule has 0 N–H and O–H groups in total. The molecule has 0 saturated carbocycles. The van der Waals surface area contributed by atoms with E-state index < -0.39 is 0 Å². The highest BCUT2D eigenvalue weighted by Gasteiger charge is 2.18. The quantitative estimate of drug-likeness (QED) is 0.143. The second-order valence-corrected chi connectivity index (χ2v) is 9.04. The lowest BCUT2D eigenvalue weighted by Gasteiger charge is -2.28. The molecular weight excluding hydrogens is 444 g/mol. The van der Waals surface area contributed by atoms with E-state index in [-0.39, 0.29) is 0 Å². The molecule has 0 amide bonds. The van der Waals surface area contributed by atoms with Gasteiger partial charge in [0.05, 0.1) is 13.2 Å². The van der Waals surface area contributed by atoms with Crippen LogP contribution < -0.4 is 4.74 Å². The van der Waals surface area contributed by atoms with Crippen molar-refractivity contribution in [2.75, 3.05) is 26.2 Å². The first-order valence-electron chi connectivity index (χ1n) is 12.7. The number of nitroso groups, excluding NO2 is 1. The number of hydrogen-bond donors (Lipinski definition) is 0. The first kappa shape index (κ1) is 25.3. The smallest absolute Gasteiger partial charge is 0.119 e. The highest BCUT2D eigenvalue weighted by Crippen LogP contribution is 2.26. The molecule has 0 spiro atoms. The summed E-state index contributed by atoms with van der Waals surface area (Å²) in [6.07, 6.45) is 1.60. The van der Waals surface area contributed by atoms with E-state index in [1.165, 1.54) is 16.7 Å². The van der Waals surface area contributed by atoms with E-state index in [9.17, 15) is 4.91 Å². The number of ether oxygens (including phenoxy) is 1. The fourth-order valence-electron chi connectivity index (χ4n) is 4.51. The third kappa shape index (κ3) is 7.89. The van der Waals surface area contributed by atoms with Crippen molar-refractivity contribution < 1.29 is 4.74 Å². The summed E-state index contributed by atoms with van der Waals surface area (Å²) in [5.74, 6) is 1.16. The molecule has 184 valence electrons. The van der Waals surface area contributed by atoms with E-state index in [2.05, 4.69) is 101 Å². The van der Waals surface area contributed by atoms with Crippen LogP contribution in [0.1, 0.15) is 34.6 Å². The van der Waals surface area contributed by atoms with Crippen LogP contribution in [0.3, 0.4) is 0 Å². The van der Waals surface area contributed by atoms with Gasteiger partial charge in [-0.05, 0) is 47.2 Å². The van der Waals surface area contributed by atoms with Gasteiger partial charge in [-0.3, -0.25) is 4.90 Å². The summed E-state index contributed by atoms with van der Waals surface area (Å²) in [7, 11) is 0. The Hall–Kier alpha value is -3.76. The van der Waals surface area contributed by atoms with Crippen LogP contribution in [0.2, 0.25) is 0 Å². The Balaban J connectivity index is 1.41. The Morgan fingerprint density at radius 1 is 0.694 bits per heavy atom. The Morgan fingerprint density at radius 3 is 1.86 bits per heavy atom. The minimum Gasteiger partial charge on any atom is -0.494 e. The summed E-state index contributed by atoms with van der Waals surface area (Å²) < 4.78 is 6.03. The predicted molar refractivity (Wildman–Crippen MR) is 147 cm³/mol. The van der Waals surface area contributed by atoms with Gasteiger partial charge in [-0.15, -0.1) is 0 Å². The van der Waals surface area contributed by atoms with E-state index >= 15 is 0 Å². The molecule has 0 fully saturated rings. The Morgan fingerprint density at radius 2 is 1.28 bits per heavy atom. The van der Waals surface area contributed by atoms with Crippen molar-refractivity contribution in [3.05, 3.63) is 142 Å². The van der Waals surface area contributed by atoms with Gasteiger partial charge in [0.1, 0.15) is 5.75 Å². The van der Waals surface area contributed by atoms with Crippen LogP contribution in [0.4, 0.5) is 0 Å². The molecule has 4 aromatic rings. The highest BCUT2D eigenvalue weighted by atomic mass is 16.5. The molecule has 0 aromatic heterocycles. The van der Waals surface area contributed by atoms with Gasteiger partial charge < -0.3 is 4.74 Å². The second-order valence-electron chi connectivity index (χ2n) is 9.04. The number of benzene rings is 4. The zero-order valence-electron chi connectivity index (χ0n) is 20.7. The fraction of sp³-hybridized carbons (Fsp3) is 0.250. The molecule has 0 heterocycles. The summed E-state index contributed by atoms with van der Waals surface area (Å²) in [4.78, 5) is 12.9. The van der Waals surface area contributed by atoms with Gasteiger partial charge in [0.15, 0.2) is 0 Å². The number of hydrogen-bond acceptors (Lipinski definition) is 4. The van der Waals surface area contributed by atoms with Crippen molar-refractivity contribution in [2.24, 2.45) is 5.18 Å². The van der Waals surface area contributed by atoms with Gasteiger partial charge in [-0.1, -0.05) is 108 Å². The standard InChI is InChI=1S/C32H34N2O2/c35-33-22-21-27-17-19-31(20-18-27)36-24-10-23-34(25-28-11-4-1-5-12-28)26-32(29-13-6-2-7-14-29)30-15-8-3-9-16-30/h1-9,11-20,32H,10,21-26H2. The zero-order chi connectivity index (χ0) is 24.8. The van der Waals surface area contributed by atoms with Crippen molar-refractivity contribution >= 4 is 0 Å². The number of rotatable bonds is 14. The van der Waals surface area contributed by atoms with E-state index in [1.54, 1.807) is 0 Å². The molecule has 0 unspecified atom stereocenters. The molecule has 0 atom stereocenters. The Bertz CT molecular complexity index is 1110. The van der Waals surface area contributed by atoms with Crippen molar-refractivity contribution in [3.63, 3.8) is 0 Å². The lowest BCUT2D eigenvalue weighted by atomic mass is 9.90. The van der Waals surface area contributed by atoms with Gasteiger partial charge >= 0.3 is 0 Å². The molecule has 4 aromatic carbocycles. The van der Waals surface area contributed by atoms with Crippen LogP contribution in [-0.4, -0.2) is 31.1 Å². The Labute approximate surface area is 214 Å². The Kier molecular flexibility index (Phi) is 9.82. The maximum Gasteiger partial charge on any atom is 0.119 e. The van der Waals surface area contributed by atoms with Crippen molar-refractivity contribution in [1.29, 1.82) is 0 Å². The van der Waals surface area contributed by atoms with E-state index in [0.717, 1.165) is 37.4 Å². The maximum atomic E-state index is 10.3. The summed E-state index contributed by atoms with van der Waals surface area (Å²) in [6.45, 7) is 3.74. The SMILES string of the molecule is O=NCCc1ccc(OCCCN(Cc2ccccc2)CC(c2ccccc2)c2ccccc2)cc1. The summed E-state index contributed by atoms with van der Waals surface area (Å²) in [6, 6.07) is 40.2. The average molecular weight is 479 g/mol. The molecule has 0 aliphatic heterocycles. The fourth-order valence-corrected chi connectivity index (χ4v) is 4.51. The largest absolute Gasteiger partial charge is 0.494 e. The van der Waals surface area contributed by atoms with Gasteiger partial charge in [-0.25, -0.2) is 0 Å². The topological polar surface area (TPSA) is 41.9 Å². The van der Waals surface area contributed by atoms with Crippen LogP contribution in [0.25, 0.3) is 0 Å². The molecule has 0 aliphatic carbocycles. The van der Waals surface area contributed by atoms with Crippen LogP contribution >= 0.6 is 0 Å². The van der Waals surface area contributed by atoms with Gasteiger partial charge in [0.25, 0.3) is 0 Å². The molecule has 0 saturated heterocycles. The summed E-state index contributed by atoms with van der Waals surface area (Å²) in [5.41, 5.74) is 5.09. The van der Waals surface area contributed by atoms with E-state index in [1.807, 2.05) is 24.3 Å². The molecule has 0 aliphatic rings. The first-order valence-corrected chi connectivity index (χ1v) is 12.7. The molecule has 4 nitrogen and oxygen atoms in total. The monoisotopic (exact) mass is 478 g/mol. The van der Waals surface area contributed by atoms with Crippen LogP contribution in [0.15, 0.2) is 120 Å². The normalized spacial score (nSPS) is 11.1. The molecule has 0 radical (unpaired) electrons. The lowest BCUT2D eigenvalue weighted by molar-refractivity contribution is 0.223. The van der Waals surface area contributed by atoms with Gasteiger partial charge in [0, 0.05) is 25.6 Å². The molecule has 0 bridgehead atoms. The molecule has 4 heteroatoms. The molecule has 36 heavy (non-hydrogen) atoms. The zero-order valence-corrected chi connectivity index (χ0v) is 20.7. The van der Waals surface area contributed by atoms with Crippen LogP contribution in [0, 0.1) is 4.91 Å². The van der Waals surface area contributed by atoms with Gasteiger partial charge in [-0.2, -0.15) is 4.91 Å². The van der Waals surface area contributed by atoms with Crippen LogP contribution in [-0.2, 0) is 13.0 Å². The van der Waals surface area contributed by atoms with Crippen LogP contribution in [0.5, 0.6) is 5.75 Å². The predicted octanol–water partition coefficient (Wildman–Crippen LogP) is 7.10. The number of nitrogens with zero attached hydrogens (tertiary/aromatic N) is 2. The van der Waals surface area contributed by atoms with Crippen molar-refractivity contribution in [2.45, 2.75) is 25.3 Å². The third-order valence-corrected chi connectivity index (χ3v) is 6.40. The summed E-state index contributed by atoms with van der Waals surface area (Å²) in [5, 5.41) is 2.93. The second kappa shape index (κ2) is 14.0. The summed E-state index contributed by atoms with van der Waals surface area (Å²) >= 11 is 0. The molecular formula is C32H34N2O2. The minimum absolute atomic E-state index is 0.297. The van der Waals surface area contributed by atoms with E-state index in [4.69, 9.17) is 4.74 Å². The van der Waals surface area contributed by atoms with Crippen molar-refractivity contribution in [3.8, 4) is 5.75 Å². The van der Waals surface area contributed by atoms with E-state index in [0.29, 0.717) is 25.5 Å². The highest BCUT2D eigenvalue weighted by molar-refractivity contribution is 5.33. The van der Waals surface area contributed by atoms with Crippen molar-refractivity contribution in [1.82, 2.24) is 4.90 Å². The minimum atomic E-state index is 0.297. The third-order valence-electron chi connectivity index (χ3n) is 6.40. The lowest BCUT2D eigenvalue weighted by Crippen LogP contribution is -2.30.